The number of nitrogens with one attached hydrogen (secondary N) is 2. The molecule has 6 nitrogen and oxygen atoms in total. The van der Waals surface area contributed by atoms with E-state index in [1.165, 1.54) is 0 Å². The summed E-state index contributed by atoms with van der Waals surface area (Å²) in [6.07, 6.45) is 0.414. The topological polar surface area (TPSA) is 64.7 Å². The van der Waals surface area contributed by atoms with Gasteiger partial charge >= 0.3 is 0 Å². The molecule has 2 rings (SSSR count). The first-order valence-electron chi connectivity index (χ1n) is 6.66. The summed E-state index contributed by atoms with van der Waals surface area (Å²) in [5, 5.41) is 6.10. The van der Waals surface area contributed by atoms with Gasteiger partial charge in [0.25, 0.3) is 0 Å². The summed E-state index contributed by atoms with van der Waals surface area (Å²) >= 11 is 0. The van der Waals surface area contributed by atoms with Crippen LogP contribution < -0.4 is 10.6 Å². The van der Waals surface area contributed by atoms with E-state index in [1.54, 1.807) is 0 Å². The summed E-state index contributed by atoms with van der Waals surface area (Å²) in [6, 6.07) is 0.0897. The van der Waals surface area contributed by atoms with Crippen molar-refractivity contribution in [2.75, 3.05) is 45.8 Å². The van der Waals surface area contributed by atoms with Crippen molar-refractivity contribution in [2.24, 2.45) is 0 Å². The van der Waals surface area contributed by atoms with Crippen molar-refractivity contribution >= 4 is 11.8 Å². The van der Waals surface area contributed by atoms with Crippen molar-refractivity contribution in [1.82, 2.24) is 20.4 Å². The molecule has 0 spiro atoms. The molecule has 2 aliphatic heterocycles. The van der Waals surface area contributed by atoms with Gasteiger partial charge in [0.1, 0.15) is 0 Å². The molecule has 102 valence electrons. The minimum absolute atomic E-state index is 0.0410. The Morgan fingerprint density at radius 3 is 2.78 bits per heavy atom. The predicted octanol–water partition coefficient (Wildman–Crippen LogP) is -1.37. The number of carbonyl (C=O) groups is 2. The van der Waals surface area contributed by atoms with Crippen LogP contribution in [-0.2, 0) is 9.59 Å². The van der Waals surface area contributed by atoms with Gasteiger partial charge < -0.3 is 15.5 Å². The molecule has 0 aromatic carbocycles. The lowest BCUT2D eigenvalue weighted by Gasteiger charge is -2.31. The molecule has 0 aromatic rings. The summed E-state index contributed by atoms with van der Waals surface area (Å²) < 4.78 is 0. The SMILES string of the molecule is CC1CNC(=O)CCN1C(=O)CN1CCNCC1. The molecule has 0 aromatic heterocycles. The molecule has 2 heterocycles. The molecule has 0 saturated carbocycles. The van der Waals surface area contributed by atoms with E-state index in [9.17, 15) is 9.59 Å². The average molecular weight is 254 g/mol. The molecule has 2 N–H and O–H groups in total. The Hall–Kier alpha value is -1.14. The normalized spacial score (nSPS) is 26.6. The Kier molecular flexibility index (Phi) is 4.54. The van der Waals surface area contributed by atoms with Crippen LogP contribution in [0.1, 0.15) is 13.3 Å². The molecular formula is C12H22N4O2. The summed E-state index contributed by atoms with van der Waals surface area (Å²) in [5.41, 5.74) is 0. The number of nitrogens with zero attached hydrogens (tertiary/aromatic N) is 2. The Balaban J connectivity index is 1.88. The lowest BCUT2D eigenvalue weighted by molar-refractivity contribution is -0.134. The van der Waals surface area contributed by atoms with Gasteiger partial charge in [0, 0.05) is 51.7 Å². The minimum atomic E-state index is 0.0410. The van der Waals surface area contributed by atoms with Crippen molar-refractivity contribution in [3.05, 3.63) is 0 Å². The standard InChI is InChI=1S/C12H22N4O2/c1-10-8-14-11(17)2-5-16(10)12(18)9-15-6-3-13-4-7-15/h10,13H,2-9H2,1H3,(H,14,17). The number of hydrogen-bond donors (Lipinski definition) is 2. The lowest BCUT2D eigenvalue weighted by Crippen LogP contribution is -2.50. The Labute approximate surface area is 108 Å². The van der Waals surface area contributed by atoms with Crippen LogP contribution in [0.25, 0.3) is 0 Å². The van der Waals surface area contributed by atoms with Gasteiger partial charge in [0.05, 0.1) is 6.54 Å². The van der Waals surface area contributed by atoms with E-state index in [4.69, 9.17) is 0 Å². The molecule has 6 heteroatoms. The fraction of sp³-hybridized carbons (Fsp3) is 0.833. The maximum absolute atomic E-state index is 12.3. The third kappa shape index (κ3) is 3.43. The van der Waals surface area contributed by atoms with Crippen molar-refractivity contribution < 1.29 is 9.59 Å². The van der Waals surface area contributed by atoms with Gasteiger partial charge in [0.2, 0.25) is 11.8 Å². The van der Waals surface area contributed by atoms with Crippen LogP contribution in [0.15, 0.2) is 0 Å². The first kappa shape index (κ1) is 13.3. The Morgan fingerprint density at radius 1 is 1.33 bits per heavy atom. The monoisotopic (exact) mass is 254 g/mol. The van der Waals surface area contributed by atoms with E-state index in [0.29, 0.717) is 26.1 Å². The fourth-order valence-electron chi connectivity index (χ4n) is 2.42. The first-order valence-corrected chi connectivity index (χ1v) is 6.66. The third-order valence-electron chi connectivity index (χ3n) is 3.60. The van der Waals surface area contributed by atoms with Crippen LogP contribution in [0.4, 0.5) is 0 Å². The fourth-order valence-corrected chi connectivity index (χ4v) is 2.42. The molecule has 0 aliphatic carbocycles. The molecule has 1 atom stereocenters. The minimum Gasteiger partial charge on any atom is -0.354 e. The molecule has 18 heavy (non-hydrogen) atoms. The molecule has 0 radical (unpaired) electrons. The Morgan fingerprint density at radius 2 is 2.06 bits per heavy atom. The van der Waals surface area contributed by atoms with Crippen molar-refractivity contribution in [2.45, 2.75) is 19.4 Å². The summed E-state index contributed by atoms with van der Waals surface area (Å²) in [4.78, 5) is 27.6. The number of piperazine rings is 1. The highest BCUT2D eigenvalue weighted by Gasteiger charge is 2.25. The van der Waals surface area contributed by atoms with Gasteiger partial charge in [-0.15, -0.1) is 0 Å². The number of carbonyl (C=O) groups excluding carboxylic acids is 2. The van der Waals surface area contributed by atoms with Gasteiger partial charge in [-0.3, -0.25) is 14.5 Å². The van der Waals surface area contributed by atoms with Crippen LogP contribution in [0.2, 0.25) is 0 Å². The number of rotatable bonds is 2. The average Bonchev–Trinajstić information content (AvgIpc) is 2.53. The van der Waals surface area contributed by atoms with E-state index in [2.05, 4.69) is 15.5 Å². The van der Waals surface area contributed by atoms with Gasteiger partial charge in [-0.25, -0.2) is 0 Å². The van der Waals surface area contributed by atoms with Crippen LogP contribution >= 0.6 is 0 Å². The van der Waals surface area contributed by atoms with E-state index in [0.717, 1.165) is 26.2 Å². The molecule has 0 bridgehead atoms. The quantitative estimate of drug-likeness (QED) is 0.638. The van der Waals surface area contributed by atoms with Gasteiger partial charge in [0.15, 0.2) is 0 Å². The van der Waals surface area contributed by atoms with Crippen molar-refractivity contribution in [1.29, 1.82) is 0 Å². The van der Waals surface area contributed by atoms with E-state index >= 15 is 0 Å². The second-order valence-electron chi connectivity index (χ2n) is 5.02. The molecule has 2 aliphatic rings. The summed E-state index contributed by atoms with van der Waals surface area (Å²) in [6.45, 7) is 7.30. The largest absolute Gasteiger partial charge is 0.354 e. The maximum Gasteiger partial charge on any atom is 0.237 e. The zero-order chi connectivity index (χ0) is 13.0. The zero-order valence-electron chi connectivity index (χ0n) is 10.9. The summed E-state index contributed by atoms with van der Waals surface area (Å²) in [7, 11) is 0. The van der Waals surface area contributed by atoms with Crippen molar-refractivity contribution in [3.63, 3.8) is 0 Å². The highest BCUT2D eigenvalue weighted by atomic mass is 16.2. The van der Waals surface area contributed by atoms with Gasteiger partial charge in [-0.1, -0.05) is 0 Å². The Bertz CT molecular complexity index is 315. The van der Waals surface area contributed by atoms with E-state index < -0.39 is 0 Å². The second-order valence-corrected chi connectivity index (χ2v) is 5.02. The predicted molar refractivity (Wildman–Crippen MR) is 68.1 cm³/mol. The van der Waals surface area contributed by atoms with Crippen molar-refractivity contribution in [3.8, 4) is 0 Å². The number of hydrogen-bond acceptors (Lipinski definition) is 4. The van der Waals surface area contributed by atoms with Gasteiger partial charge in [-0.05, 0) is 6.92 Å². The number of amides is 2. The second kappa shape index (κ2) is 6.15. The molecular weight excluding hydrogens is 232 g/mol. The molecule has 2 saturated heterocycles. The van der Waals surface area contributed by atoms with E-state index in [-0.39, 0.29) is 17.9 Å². The molecule has 2 fully saturated rings. The van der Waals surface area contributed by atoms with Crippen LogP contribution in [-0.4, -0.2) is 73.5 Å². The zero-order valence-corrected chi connectivity index (χ0v) is 10.9. The van der Waals surface area contributed by atoms with Gasteiger partial charge in [-0.2, -0.15) is 0 Å². The first-order chi connectivity index (χ1) is 8.66. The van der Waals surface area contributed by atoms with E-state index in [1.807, 2.05) is 11.8 Å². The molecule has 1 unspecified atom stereocenters. The summed E-state index contributed by atoms with van der Waals surface area (Å²) in [5.74, 6) is 0.181. The smallest absolute Gasteiger partial charge is 0.237 e. The highest BCUT2D eigenvalue weighted by Crippen LogP contribution is 2.06. The maximum atomic E-state index is 12.3. The van der Waals surface area contributed by atoms with Crippen LogP contribution in [0.3, 0.4) is 0 Å². The van der Waals surface area contributed by atoms with Crippen LogP contribution in [0.5, 0.6) is 0 Å². The highest BCUT2D eigenvalue weighted by molar-refractivity contribution is 5.81. The lowest BCUT2D eigenvalue weighted by atomic mass is 10.2. The van der Waals surface area contributed by atoms with Crippen LogP contribution in [0, 0.1) is 0 Å². The molecule has 2 amide bonds. The third-order valence-corrected chi connectivity index (χ3v) is 3.60.